The Bertz CT molecular complexity index is 1120. The Balaban J connectivity index is 1.53. The van der Waals surface area contributed by atoms with Crippen molar-refractivity contribution in [3.63, 3.8) is 0 Å². The molecule has 1 N–H and O–H groups in total. The molecule has 3 heterocycles. The van der Waals surface area contributed by atoms with Crippen molar-refractivity contribution in [2.75, 3.05) is 31.6 Å². The SMILES string of the molecule is CC1=C(C(=O)N2CCOCC2)C(c2cccc(Oc3ccccc3)c2)n2ncnc2N1. The van der Waals surface area contributed by atoms with Crippen molar-refractivity contribution >= 4 is 11.9 Å². The van der Waals surface area contributed by atoms with Crippen LogP contribution < -0.4 is 10.1 Å². The molecule has 2 aliphatic rings. The summed E-state index contributed by atoms with van der Waals surface area (Å²) in [6, 6.07) is 17.0. The summed E-state index contributed by atoms with van der Waals surface area (Å²) >= 11 is 0. The second kappa shape index (κ2) is 8.23. The van der Waals surface area contributed by atoms with E-state index in [4.69, 9.17) is 9.47 Å². The molecule has 1 unspecified atom stereocenters. The first-order chi connectivity index (χ1) is 15.2. The van der Waals surface area contributed by atoms with E-state index in [2.05, 4.69) is 15.4 Å². The maximum Gasteiger partial charge on any atom is 0.254 e. The maximum absolute atomic E-state index is 13.5. The van der Waals surface area contributed by atoms with E-state index in [1.807, 2.05) is 66.4 Å². The van der Waals surface area contributed by atoms with E-state index in [-0.39, 0.29) is 5.91 Å². The van der Waals surface area contributed by atoms with Crippen LogP contribution in [0, 0.1) is 0 Å². The van der Waals surface area contributed by atoms with Gasteiger partial charge < -0.3 is 19.7 Å². The molecule has 8 heteroatoms. The summed E-state index contributed by atoms with van der Waals surface area (Å²) in [6.07, 6.45) is 1.50. The standard InChI is InChI=1S/C23H23N5O3/c1-16-20(22(29)27-10-12-30-13-11-27)21(28-23(26-16)24-15-25-28)17-6-5-9-19(14-17)31-18-7-3-2-4-8-18/h2-9,14-15,21H,10-13H2,1H3,(H,24,25,26). The normalized spacial score (nSPS) is 18.4. The van der Waals surface area contributed by atoms with Crippen LogP contribution in [0.3, 0.4) is 0 Å². The predicted octanol–water partition coefficient (Wildman–Crippen LogP) is 3.22. The number of morpholine rings is 1. The number of hydrogen-bond donors (Lipinski definition) is 1. The molecule has 5 rings (SSSR count). The largest absolute Gasteiger partial charge is 0.457 e. The molecule has 1 aromatic heterocycles. The summed E-state index contributed by atoms with van der Waals surface area (Å²) in [7, 11) is 0. The fourth-order valence-electron chi connectivity index (χ4n) is 3.99. The van der Waals surface area contributed by atoms with Gasteiger partial charge in [0, 0.05) is 18.8 Å². The van der Waals surface area contributed by atoms with Gasteiger partial charge in [-0.1, -0.05) is 30.3 Å². The number of aromatic nitrogens is 3. The first-order valence-corrected chi connectivity index (χ1v) is 10.3. The third-order valence-electron chi connectivity index (χ3n) is 5.48. The van der Waals surface area contributed by atoms with Gasteiger partial charge in [-0.2, -0.15) is 10.1 Å². The molecule has 0 spiro atoms. The molecular formula is C23H23N5O3. The number of hydrogen-bond acceptors (Lipinski definition) is 6. The number of para-hydroxylation sites is 1. The lowest BCUT2D eigenvalue weighted by Crippen LogP contribution is -2.44. The minimum absolute atomic E-state index is 0.0196. The van der Waals surface area contributed by atoms with Gasteiger partial charge in [0.25, 0.3) is 5.91 Å². The average Bonchev–Trinajstić information content (AvgIpc) is 3.27. The van der Waals surface area contributed by atoms with Crippen LogP contribution in [0.5, 0.6) is 11.5 Å². The Morgan fingerprint density at radius 3 is 2.68 bits per heavy atom. The van der Waals surface area contributed by atoms with Crippen molar-refractivity contribution in [2.45, 2.75) is 13.0 Å². The van der Waals surface area contributed by atoms with E-state index in [0.29, 0.717) is 43.6 Å². The zero-order valence-corrected chi connectivity index (χ0v) is 17.2. The Hall–Kier alpha value is -3.65. The second-order valence-electron chi connectivity index (χ2n) is 7.49. The second-order valence-corrected chi connectivity index (χ2v) is 7.49. The van der Waals surface area contributed by atoms with E-state index in [9.17, 15) is 4.79 Å². The van der Waals surface area contributed by atoms with E-state index in [1.54, 1.807) is 4.68 Å². The van der Waals surface area contributed by atoms with Crippen LogP contribution in [-0.2, 0) is 9.53 Å². The summed E-state index contributed by atoms with van der Waals surface area (Å²) in [5.74, 6) is 2.03. The number of allylic oxidation sites excluding steroid dienone is 1. The molecule has 1 amide bonds. The highest BCUT2D eigenvalue weighted by atomic mass is 16.5. The van der Waals surface area contributed by atoms with Gasteiger partial charge in [0.2, 0.25) is 5.95 Å². The molecule has 158 valence electrons. The smallest absolute Gasteiger partial charge is 0.254 e. The molecule has 8 nitrogen and oxygen atoms in total. The molecule has 1 fully saturated rings. The number of carbonyl (C=O) groups excluding carboxylic acids is 1. The zero-order valence-electron chi connectivity index (χ0n) is 17.2. The Morgan fingerprint density at radius 1 is 1.10 bits per heavy atom. The van der Waals surface area contributed by atoms with Gasteiger partial charge in [-0.25, -0.2) is 4.68 Å². The minimum atomic E-state index is -0.409. The van der Waals surface area contributed by atoms with Gasteiger partial charge in [0.1, 0.15) is 23.9 Å². The van der Waals surface area contributed by atoms with E-state index in [0.717, 1.165) is 17.0 Å². The fraction of sp³-hybridized carbons (Fsp3) is 0.261. The summed E-state index contributed by atoms with van der Waals surface area (Å²) < 4.78 is 13.2. The van der Waals surface area contributed by atoms with Crippen molar-refractivity contribution < 1.29 is 14.3 Å². The van der Waals surface area contributed by atoms with Gasteiger partial charge in [-0.05, 0) is 36.8 Å². The molecule has 0 saturated carbocycles. The quantitative estimate of drug-likeness (QED) is 0.702. The maximum atomic E-state index is 13.5. The molecule has 1 atom stereocenters. The Morgan fingerprint density at radius 2 is 1.87 bits per heavy atom. The lowest BCUT2D eigenvalue weighted by molar-refractivity contribution is -0.131. The van der Waals surface area contributed by atoms with Gasteiger partial charge in [-0.3, -0.25) is 4.79 Å². The number of nitrogens with zero attached hydrogens (tertiary/aromatic N) is 4. The van der Waals surface area contributed by atoms with Crippen molar-refractivity contribution in [1.82, 2.24) is 19.7 Å². The van der Waals surface area contributed by atoms with E-state index in [1.165, 1.54) is 6.33 Å². The molecule has 0 bridgehead atoms. The van der Waals surface area contributed by atoms with Crippen molar-refractivity contribution in [3.05, 3.63) is 77.8 Å². The third kappa shape index (κ3) is 3.77. The first kappa shape index (κ1) is 19.3. The highest BCUT2D eigenvalue weighted by Gasteiger charge is 2.36. The third-order valence-corrected chi connectivity index (χ3v) is 5.48. The van der Waals surface area contributed by atoms with Gasteiger partial charge in [-0.15, -0.1) is 0 Å². The summed E-state index contributed by atoms with van der Waals surface area (Å²) in [5.41, 5.74) is 2.32. The van der Waals surface area contributed by atoms with Gasteiger partial charge in [0.15, 0.2) is 0 Å². The lowest BCUT2D eigenvalue weighted by Gasteiger charge is -2.34. The van der Waals surface area contributed by atoms with Crippen LogP contribution in [-0.4, -0.2) is 51.9 Å². The average molecular weight is 417 g/mol. The highest BCUT2D eigenvalue weighted by Crippen LogP contribution is 2.37. The number of ether oxygens (including phenoxy) is 2. The van der Waals surface area contributed by atoms with Crippen LogP contribution >= 0.6 is 0 Å². The number of anilines is 1. The van der Waals surface area contributed by atoms with Crippen molar-refractivity contribution in [3.8, 4) is 11.5 Å². The first-order valence-electron chi connectivity index (χ1n) is 10.3. The van der Waals surface area contributed by atoms with Crippen LogP contribution in [0.1, 0.15) is 18.5 Å². The number of nitrogens with one attached hydrogen (secondary N) is 1. The molecule has 1 saturated heterocycles. The van der Waals surface area contributed by atoms with E-state index < -0.39 is 6.04 Å². The summed E-state index contributed by atoms with van der Waals surface area (Å²) in [4.78, 5) is 19.7. The number of fused-ring (bicyclic) bond motifs is 1. The minimum Gasteiger partial charge on any atom is -0.457 e. The monoisotopic (exact) mass is 417 g/mol. The van der Waals surface area contributed by atoms with Crippen LogP contribution in [0.4, 0.5) is 5.95 Å². The van der Waals surface area contributed by atoms with Crippen molar-refractivity contribution in [1.29, 1.82) is 0 Å². The predicted molar refractivity (Wildman–Crippen MR) is 115 cm³/mol. The zero-order chi connectivity index (χ0) is 21.2. The lowest BCUT2D eigenvalue weighted by atomic mass is 9.94. The molecule has 2 aliphatic heterocycles. The number of carbonyl (C=O) groups is 1. The van der Waals surface area contributed by atoms with Gasteiger partial charge in [0.05, 0.1) is 18.8 Å². The van der Waals surface area contributed by atoms with Crippen LogP contribution in [0.2, 0.25) is 0 Å². The van der Waals surface area contributed by atoms with E-state index >= 15 is 0 Å². The van der Waals surface area contributed by atoms with Crippen molar-refractivity contribution in [2.24, 2.45) is 0 Å². The Kier molecular flexibility index (Phi) is 5.13. The highest BCUT2D eigenvalue weighted by molar-refractivity contribution is 5.96. The topological polar surface area (TPSA) is 81.5 Å². The number of rotatable bonds is 4. The fourth-order valence-corrected chi connectivity index (χ4v) is 3.99. The van der Waals surface area contributed by atoms with Crippen LogP contribution in [0.25, 0.3) is 0 Å². The van der Waals surface area contributed by atoms with Gasteiger partial charge >= 0.3 is 0 Å². The number of amides is 1. The molecule has 0 radical (unpaired) electrons. The summed E-state index contributed by atoms with van der Waals surface area (Å²) in [6.45, 7) is 4.15. The van der Waals surface area contributed by atoms with Crippen LogP contribution in [0.15, 0.2) is 72.2 Å². The Labute approximate surface area is 180 Å². The molecule has 3 aromatic rings. The molecular weight excluding hydrogens is 394 g/mol. The number of benzene rings is 2. The molecule has 0 aliphatic carbocycles. The summed E-state index contributed by atoms with van der Waals surface area (Å²) in [5, 5.41) is 7.64. The molecule has 2 aromatic carbocycles. The molecule has 31 heavy (non-hydrogen) atoms.